The molecule has 0 heterocycles. The van der Waals surface area contributed by atoms with E-state index in [0.29, 0.717) is 13.0 Å². The fraction of sp³-hybridized carbons (Fsp3) is 0.562. The standard InChI is InChI=1S/C16H21NO2/c18-15(13-6-1-2-7-13)17-11-16(19)10-9-12-5-3-4-8-14(12)16/h3-5,8,13,19H,1-2,6-7,9-11H2,(H,17,18). The lowest BCUT2D eigenvalue weighted by Crippen LogP contribution is -2.41. The fourth-order valence-corrected chi connectivity index (χ4v) is 3.42. The van der Waals surface area contributed by atoms with Gasteiger partial charge in [0.05, 0.1) is 6.54 Å². The largest absolute Gasteiger partial charge is 0.383 e. The van der Waals surface area contributed by atoms with Gasteiger partial charge < -0.3 is 10.4 Å². The van der Waals surface area contributed by atoms with Gasteiger partial charge in [0.25, 0.3) is 0 Å². The van der Waals surface area contributed by atoms with Crippen LogP contribution in [0.1, 0.15) is 43.2 Å². The monoisotopic (exact) mass is 259 g/mol. The molecule has 1 aromatic rings. The Bertz CT molecular complexity index is 479. The first-order valence-electron chi connectivity index (χ1n) is 7.27. The van der Waals surface area contributed by atoms with E-state index in [9.17, 15) is 9.90 Å². The maximum absolute atomic E-state index is 12.0. The highest BCUT2D eigenvalue weighted by atomic mass is 16.3. The van der Waals surface area contributed by atoms with Crippen molar-refractivity contribution in [3.63, 3.8) is 0 Å². The summed E-state index contributed by atoms with van der Waals surface area (Å²) in [5.41, 5.74) is 1.33. The maximum Gasteiger partial charge on any atom is 0.223 e. The van der Waals surface area contributed by atoms with Crippen molar-refractivity contribution in [2.24, 2.45) is 5.92 Å². The number of amides is 1. The number of hydrogen-bond donors (Lipinski definition) is 2. The molecular weight excluding hydrogens is 238 g/mol. The number of nitrogens with one attached hydrogen (secondary N) is 1. The van der Waals surface area contributed by atoms with Crippen molar-refractivity contribution < 1.29 is 9.90 Å². The predicted octanol–water partition coefficient (Wildman–Crippen LogP) is 2.13. The molecule has 2 N–H and O–H groups in total. The van der Waals surface area contributed by atoms with Crippen LogP contribution in [0.15, 0.2) is 24.3 Å². The van der Waals surface area contributed by atoms with E-state index in [-0.39, 0.29) is 11.8 Å². The summed E-state index contributed by atoms with van der Waals surface area (Å²) in [4.78, 5) is 12.0. The zero-order valence-corrected chi connectivity index (χ0v) is 11.2. The summed E-state index contributed by atoms with van der Waals surface area (Å²) < 4.78 is 0. The Morgan fingerprint density at radius 2 is 2.05 bits per heavy atom. The SMILES string of the molecule is O=C(NCC1(O)CCc2ccccc21)C1CCCC1. The second-order valence-electron chi connectivity index (χ2n) is 5.89. The molecule has 0 saturated heterocycles. The van der Waals surface area contributed by atoms with Crippen LogP contribution < -0.4 is 5.32 Å². The number of carbonyl (C=O) groups excluding carboxylic acids is 1. The highest BCUT2D eigenvalue weighted by Crippen LogP contribution is 2.36. The van der Waals surface area contributed by atoms with Gasteiger partial charge in [-0.3, -0.25) is 4.79 Å². The Labute approximate surface area is 114 Å². The fourth-order valence-electron chi connectivity index (χ4n) is 3.42. The van der Waals surface area contributed by atoms with Crippen LogP contribution in [-0.4, -0.2) is 17.6 Å². The van der Waals surface area contributed by atoms with Crippen molar-refractivity contribution in [3.05, 3.63) is 35.4 Å². The van der Waals surface area contributed by atoms with Crippen LogP contribution >= 0.6 is 0 Å². The van der Waals surface area contributed by atoms with Gasteiger partial charge in [-0.05, 0) is 36.8 Å². The zero-order chi connectivity index (χ0) is 13.3. The molecule has 3 nitrogen and oxygen atoms in total. The number of carbonyl (C=O) groups is 1. The Morgan fingerprint density at radius 3 is 2.84 bits per heavy atom. The molecule has 3 heteroatoms. The summed E-state index contributed by atoms with van der Waals surface area (Å²) in [5.74, 6) is 0.288. The minimum Gasteiger partial charge on any atom is -0.383 e. The van der Waals surface area contributed by atoms with E-state index in [1.54, 1.807) is 0 Å². The van der Waals surface area contributed by atoms with Gasteiger partial charge in [-0.25, -0.2) is 0 Å². The van der Waals surface area contributed by atoms with Crippen molar-refractivity contribution in [2.45, 2.75) is 44.1 Å². The molecule has 0 aromatic heterocycles. The summed E-state index contributed by atoms with van der Waals surface area (Å²) in [6.45, 7) is 0.347. The number of aryl methyl sites for hydroxylation is 1. The Kier molecular flexibility index (Phi) is 3.31. The van der Waals surface area contributed by atoms with Crippen LogP contribution in [0.3, 0.4) is 0 Å². The van der Waals surface area contributed by atoms with E-state index in [1.807, 2.05) is 18.2 Å². The Balaban J connectivity index is 1.65. The average Bonchev–Trinajstić information content (AvgIpc) is 3.06. The molecule has 1 aromatic carbocycles. The van der Waals surface area contributed by atoms with Crippen LogP contribution in [0, 0.1) is 5.92 Å². The van der Waals surface area contributed by atoms with Crippen molar-refractivity contribution in [3.8, 4) is 0 Å². The smallest absolute Gasteiger partial charge is 0.223 e. The zero-order valence-electron chi connectivity index (χ0n) is 11.2. The minimum atomic E-state index is -0.870. The molecule has 0 spiro atoms. The second-order valence-corrected chi connectivity index (χ2v) is 5.89. The molecule has 1 unspecified atom stereocenters. The molecule has 3 rings (SSSR count). The van der Waals surface area contributed by atoms with Crippen molar-refractivity contribution >= 4 is 5.91 Å². The lowest BCUT2D eigenvalue weighted by molar-refractivity contribution is -0.126. The minimum absolute atomic E-state index is 0.121. The van der Waals surface area contributed by atoms with Gasteiger partial charge in [0.15, 0.2) is 0 Å². The lowest BCUT2D eigenvalue weighted by atomic mass is 9.95. The van der Waals surface area contributed by atoms with Crippen molar-refractivity contribution in [2.75, 3.05) is 6.54 Å². The van der Waals surface area contributed by atoms with Gasteiger partial charge in [0.2, 0.25) is 5.91 Å². The number of rotatable bonds is 3. The number of aliphatic hydroxyl groups is 1. The van der Waals surface area contributed by atoms with Crippen molar-refractivity contribution in [1.82, 2.24) is 5.32 Å². The molecule has 1 atom stereocenters. The van der Waals surface area contributed by atoms with Gasteiger partial charge in [0, 0.05) is 5.92 Å². The van der Waals surface area contributed by atoms with E-state index in [4.69, 9.17) is 0 Å². The van der Waals surface area contributed by atoms with E-state index in [1.165, 1.54) is 5.56 Å². The molecule has 1 fully saturated rings. The summed E-state index contributed by atoms with van der Waals surface area (Å²) in [6.07, 6.45) is 5.92. The lowest BCUT2D eigenvalue weighted by Gasteiger charge is -2.25. The van der Waals surface area contributed by atoms with Gasteiger partial charge in [-0.2, -0.15) is 0 Å². The molecule has 102 valence electrons. The second kappa shape index (κ2) is 4.97. The van der Waals surface area contributed by atoms with Gasteiger partial charge in [0.1, 0.15) is 5.60 Å². The van der Waals surface area contributed by atoms with Crippen molar-refractivity contribution in [1.29, 1.82) is 0 Å². The number of benzene rings is 1. The van der Waals surface area contributed by atoms with Crippen LogP contribution in [0.5, 0.6) is 0 Å². The first kappa shape index (κ1) is 12.7. The maximum atomic E-state index is 12.0. The molecule has 0 aliphatic heterocycles. The Hall–Kier alpha value is -1.35. The average molecular weight is 259 g/mol. The van der Waals surface area contributed by atoms with Crippen LogP contribution in [-0.2, 0) is 16.8 Å². The normalized spacial score (nSPS) is 26.4. The third kappa shape index (κ3) is 2.39. The highest BCUT2D eigenvalue weighted by molar-refractivity contribution is 5.79. The third-order valence-electron chi connectivity index (χ3n) is 4.61. The number of hydrogen-bond acceptors (Lipinski definition) is 2. The van der Waals surface area contributed by atoms with E-state index in [0.717, 1.165) is 37.7 Å². The van der Waals surface area contributed by atoms with Gasteiger partial charge in [-0.1, -0.05) is 37.1 Å². The molecule has 1 saturated carbocycles. The molecule has 0 bridgehead atoms. The predicted molar refractivity (Wildman–Crippen MR) is 73.6 cm³/mol. The summed E-state index contributed by atoms with van der Waals surface area (Å²) in [6, 6.07) is 7.99. The third-order valence-corrected chi connectivity index (χ3v) is 4.61. The first-order valence-corrected chi connectivity index (χ1v) is 7.27. The Morgan fingerprint density at radius 1 is 1.32 bits per heavy atom. The number of fused-ring (bicyclic) bond motifs is 1. The quantitative estimate of drug-likeness (QED) is 0.873. The molecule has 1 amide bonds. The molecule has 0 radical (unpaired) electrons. The van der Waals surface area contributed by atoms with Crippen LogP contribution in [0.2, 0.25) is 0 Å². The molecule has 2 aliphatic carbocycles. The van der Waals surface area contributed by atoms with Gasteiger partial charge >= 0.3 is 0 Å². The molecular formula is C16H21NO2. The van der Waals surface area contributed by atoms with E-state index in [2.05, 4.69) is 11.4 Å². The molecule has 2 aliphatic rings. The molecule has 19 heavy (non-hydrogen) atoms. The topological polar surface area (TPSA) is 49.3 Å². The van der Waals surface area contributed by atoms with Crippen LogP contribution in [0.25, 0.3) is 0 Å². The first-order chi connectivity index (χ1) is 9.19. The summed E-state index contributed by atoms with van der Waals surface area (Å²) in [7, 11) is 0. The van der Waals surface area contributed by atoms with E-state index < -0.39 is 5.60 Å². The van der Waals surface area contributed by atoms with Gasteiger partial charge in [-0.15, -0.1) is 0 Å². The van der Waals surface area contributed by atoms with E-state index >= 15 is 0 Å². The van der Waals surface area contributed by atoms with Crippen LogP contribution in [0.4, 0.5) is 0 Å². The highest BCUT2D eigenvalue weighted by Gasteiger charge is 2.37. The summed E-state index contributed by atoms with van der Waals surface area (Å²) >= 11 is 0. The summed E-state index contributed by atoms with van der Waals surface area (Å²) in [5, 5.41) is 13.7.